The summed E-state index contributed by atoms with van der Waals surface area (Å²) in [4.78, 5) is 0. The van der Waals surface area contributed by atoms with E-state index in [4.69, 9.17) is 0 Å². The average Bonchev–Trinajstić information content (AvgIpc) is 2.27. The minimum absolute atomic E-state index is 0.159. The van der Waals surface area contributed by atoms with E-state index in [0.717, 1.165) is 11.1 Å². The minimum Gasteiger partial charge on any atom is -0.508 e. The summed E-state index contributed by atoms with van der Waals surface area (Å²) >= 11 is 0. The molecular weight excluding hydrogens is 216 g/mol. The molecule has 1 aromatic carbocycles. The molecule has 0 bridgehead atoms. The molecule has 3 atom stereocenters. The molecule has 3 nitrogen and oxygen atoms in total. The third-order valence-corrected chi connectivity index (χ3v) is 3.24. The second kappa shape index (κ2) is 6.03. The largest absolute Gasteiger partial charge is 0.508 e. The van der Waals surface area contributed by atoms with Crippen LogP contribution in [-0.4, -0.2) is 27.5 Å². The molecule has 0 amide bonds. The molecule has 0 heterocycles. The van der Waals surface area contributed by atoms with Gasteiger partial charge in [-0.15, -0.1) is 0 Å². The zero-order valence-corrected chi connectivity index (χ0v) is 10.7. The highest BCUT2D eigenvalue weighted by Gasteiger charge is 2.19. The zero-order valence-electron chi connectivity index (χ0n) is 10.7. The van der Waals surface area contributed by atoms with E-state index in [0.29, 0.717) is 12.8 Å². The number of aliphatic hydroxyl groups is 2. The molecule has 0 aliphatic rings. The predicted octanol–water partition coefficient (Wildman–Crippen LogP) is 2.33. The lowest BCUT2D eigenvalue weighted by Crippen LogP contribution is -2.26. The van der Waals surface area contributed by atoms with Crippen molar-refractivity contribution < 1.29 is 15.3 Å². The molecule has 0 aromatic heterocycles. The molecule has 0 saturated heterocycles. The fraction of sp³-hybridized carbons (Fsp3) is 0.571. The molecule has 0 radical (unpaired) electrons. The second-order valence-electron chi connectivity index (χ2n) is 4.72. The summed E-state index contributed by atoms with van der Waals surface area (Å²) in [6, 6.07) is 5.25. The molecule has 3 unspecified atom stereocenters. The standard InChI is InChI=1S/C14H22O3/c1-4-13(16)14(17)8-10(3)12-6-5-11(15)7-9(12)2/h5-7,10,13-17H,4,8H2,1-3H3. The van der Waals surface area contributed by atoms with Crippen molar-refractivity contribution in [2.45, 2.75) is 51.7 Å². The summed E-state index contributed by atoms with van der Waals surface area (Å²) in [5, 5.41) is 28.7. The lowest BCUT2D eigenvalue weighted by atomic mass is 9.90. The molecule has 0 fully saturated rings. The van der Waals surface area contributed by atoms with E-state index in [1.165, 1.54) is 0 Å². The number of phenols is 1. The van der Waals surface area contributed by atoms with Gasteiger partial charge in [0.2, 0.25) is 0 Å². The van der Waals surface area contributed by atoms with Gasteiger partial charge < -0.3 is 15.3 Å². The lowest BCUT2D eigenvalue weighted by molar-refractivity contribution is 0.00951. The normalized spacial score (nSPS) is 16.5. The number of aryl methyl sites for hydroxylation is 1. The highest BCUT2D eigenvalue weighted by Crippen LogP contribution is 2.27. The van der Waals surface area contributed by atoms with Crippen LogP contribution in [0.4, 0.5) is 0 Å². The van der Waals surface area contributed by atoms with Crippen molar-refractivity contribution in [2.75, 3.05) is 0 Å². The van der Waals surface area contributed by atoms with Crippen molar-refractivity contribution in [2.24, 2.45) is 0 Å². The Morgan fingerprint density at radius 2 is 1.82 bits per heavy atom. The van der Waals surface area contributed by atoms with Crippen LogP contribution in [-0.2, 0) is 0 Å². The molecule has 3 heteroatoms. The molecular formula is C14H22O3. The summed E-state index contributed by atoms with van der Waals surface area (Å²) in [5.41, 5.74) is 2.11. The first kappa shape index (κ1) is 14.0. The summed E-state index contributed by atoms with van der Waals surface area (Å²) in [5.74, 6) is 0.416. The molecule has 0 spiro atoms. The van der Waals surface area contributed by atoms with Crippen LogP contribution < -0.4 is 0 Å². The van der Waals surface area contributed by atoms with E-state index in [2.05, 4.69) is 0 Å². The van der Waals surface area contributed by atoms with Crippen molar-refractivity contribution in [1.29, 1.82) is 0 Å². The van der Waals surface area contributed by atoms with Gasteiger partial charge in [0.15, 0.2) is 0 Å². The fourth-order valence-electron chi connectivity index (χ4n) is 2.13. The zero-order chi connectivity index (χ0) is 13.0. The maximum atomic E-state index is 9.80. The van der Waals surface area contributed by atoms with Crippen LogP contribution in [0.5, 0.6) is 5.75 Å². The van der Waals surface area contributed by atoms with Crippen LogP contribution in [0.25, 0.3) is 0 Å². The minimum atomic E-state index is -0.691. The summed E-state index contributed by atoms with van der Waals surface area (Å²) < 4.78 is 0. The van der Waals surface area contributed by atoms with Crippen molar-refractivity contribution in [3.05, 3.63) is 29.3 Å². The maximum Gasteiger partial charge on any atom is 0.115 e. The van der Waals surface area contributed by atoms with Crippen LogP contribution >= 0.6 is 0 Å². The third kappa shape index (κ3) is 3.72. The van der Waals surface area contributed by atoms with E-state index in [1.807, 2.05) is 26.8 Å². The Morgan fingerprint density at radius 1 is 1.18 bits per heavy atom. The Bertz CT molecular complexity index is 362. The Morgan fingerprint density at radius 3 is 2.35 bits per heavy atom. The van der Waals surface area contributed by atoms with Crippen LogP contribution in [0.3, 0.4) is 0 Å². The second-order valence-corrected chi connectivity index (χ2v) is 4.72. The monoisotopic (exact) mass is 238 g/mol. The molecule has 3 N–H and O–H groups in total. The Hall–Kier alpha value is -1.06. The third-order valence-electron chi connectivity index (χ3n) is 3.24. The molecule has 0 aliphatic heterocycles. The van der Waals surface area contributed by atoms with Gasteiger partial charge in [0, 0.05) is 0 Å². The topological polar surface area (TPSA) is 60.7 Å². The van der Waals surface area contributed by atoms with Crippen LogP contribution in [0.2, 0.25) is 0 Å². The number of aliphatic hydroxyl groups excluding tert-OH is 2. The summed E-state index contributed by atoms with van der Waals surface area (Å²) in [6.45, 7) is 5.81. The van der Waals surface area contributed by atoms with Gasteiger partial charge in [0.25, 0.3) is 0 Å². The highest BCUT2D eigenvalue weighted by molar-refractivity contribution is 5.35. The number of hydrogen-bond acceptors (Lipinski definition) is 3. The van der Waals surface area contributed by atoms with E-state index in [-0.39, 0.29) is 11.7 Å². The number of hydrogen-bond donors (Lipinski definition) is 3. The van der Waals surface area contributed by atoms with Gasteiger partial charge in [-0.3, -0.25) is 0 Å². The summed E-state index contributed by atoms with van der Waals surface area (Å²) in [6.07, 6.45) is -0.263. The highest BCUT2D eigenvalue weighted by atomic mass is 16.3. The number of aromatic hydroxyl groups is 1. The molecule has 0 saturated carbocycles. The van der Waals surface area contributed by atoms with Crippen LogP contribution in [0, 0.1) is 6.92 Å². The van der Waals surface area contributed by atoms with E-state index in [1.54, 1.807) is 12.1 Å². The van der Waals surface area contributed by atoms with Crippen molar-refractivity contribution in [3.8, 4) is 5.75 Å². The van der Waals surface area contributed by atoms with E-state index >= 15 is 0 Å². The number of benzene rings is 1. The smallest absolute Gasteiger partial charge is 0.115 e. The lowest BCUT2D eigenvalue weighted by Gasteiger charge is -2.21. The molecule has 17 heavy (non-hydrogen) atoms. The number of rotatable bonds is 5. The van der Waals surface area contributed by atoms with Gasteiger partial charge in [0.05, 0.1) is 12.2 Å². The SMILES string of the molecule is CCC(O)C(O)CC(C)c1ccc(O)cc1C. The fourth-order valence-corrected chi connectivity index (χ4v) is 2.13. The average molecular weight is 238 g/mol. The van der Waals surface area contributed by atoms with Crippen LogP contribution in [0.1, 0.15) is 43.7 Å². The Labute approximate surface area is 103 Å². The quantitative estimate of drug-likeness (QED) is 0.737. The van der Waals surface area contributed by atoms with Gasteiger partial charge in [-0.25, -0.2) is 0 Å². The molecule has 96 valence electrons. The van der Waals surface area contributed by atoms with Gasteiger partial charge in [-0.2, -0.15) is 0 Å². The first-order chi connectivity index (χ1) is 7.95. The van der Waals surface area contributed by atoms with Gasteiger partial charge in [-0.05, 0) is 48.9 Å². The maximum absolute atomic E-state index is 9.80. The van der Waals surface area contributed by atoms with Gasteiger partial charge in [0.1, 0.15) is 5.75 Å². The van der Waals surface area contributed by atoms with Gasteiger partial charge >= 0.3 is 0 Å². The molecule has 0 aliphatic carbocycles. The van der Waals surface area contributed by atoms with Gasteiger partial charge in [-0.1, -0.05) is 19.9 Å². The number of phenolic OH excluding ortho intramolecular Hbond substituents is 1. The molecule has 1 rings (SSSR count). The predicted molar refractivity (Wildman–Crippen MR) is 68.2 cm³/mol. The first-order valence-corrected chi connectivity index (χ1v) is 6.11. The molecule has 1 aromatic rings. The Balaban J connectivity index is 2.72. The van der Waals surface area contributed by atoms with Crippen LogP contribution in [0.15, 0.2) is 18.2 Å². The summed E-state index contributed by atoms with van der Waals surface area (Å²) in [7, 11) is 0. The van der Waals surface area contributed by atoms with E-state index < -0.39 is 12.2 Å². The first-order valence-electron chi connectivity index (χ1n) is 6.11. The Kier molecular flexibility index (Phi) is 4.97. The van der Waals surface area contributed by atoms with Crippen molar-refractivity contribution in [3.63, 3.8) is 0 Å². The van der Waals surface area contributed by atoms with E-state index in [9.17, 15) is 15.3 Å². The van der Waals surface area contributed by atoms with Crippen molar-refractivity contribution in [1.82, 2.24) is 0 Å². The van der Waals surface area contributed by atoms with Crippen molar-refractivity contribution >= 4 is 0 Å².